The lowest BCUT2D eigenvalue weighted by Gasteiger charge is -2.23. The van der Waals surface area contributed by atoms with Crippen LogP contribution in [0.1, 0.15) is 32.6 Å². The first-order chi connectivity index (χ1) is 5.41. The molecule has 0 spiro atoms. The Kier molecular flexibility index (Phi) is 2.24. The van der Waals surface area contributed by atoms with E-state index in [0.29, 0.717) is 0 Å². The number of aliphatic hydroxyl groups is 1. The van der Waals surface area contributed by atoms with Crippen molar-refractivity contribution in [2.75, 3.05) is 0 Å². The van der Waals surface area contributed by atoms with Gasteiger partial charge in [0, 0.05) is 13.2 Å². The predicted molar refractivity (Wildman–Crippen MR) is 47.6 cm³/mol. The topological polar surface area (TPSA) is 38.0 Å². The van der Waals surface area contributed by atoms with E-state index < -0.39 is 6.10 Å². The van der Waals surface area contributed by atoms with Crippen LogP contribution >= 0.6 is 0 Å². The summed E-state index contributed by atoms with van der Waals surface area (Å²) in [7, 11) is 1.85. The Labute approximate surface area is 73.0 Å². The highest BCUT2D eigenvalue weighted by molar-refractivity contribution is 5.05. The summed E-state index contributed by atoms with van der Waals surface area (Å²) in [5, 5.41) is 13.9. The van der Waals surface area contributed by atoms with Crippen LogP contribution in [0, 0.1) is 5.41 Å². The van der Waals surface area contributed by atoms with Crippen LogP contribution in [0.15, 0.2) is 12.3 Å². The molecule has 1 heterocycles. The lowest BCUT2D eigenvalue weighted by atomic mass is 9.87. The number of aromatic nitrogens is 2. The molecule has 0 amide bonds. The van der Waals surface area contributed by atoms with Crippen LogP contribution in [0.2, 0.25) is 0 Å². The fraction of sp³-hybridized carbons (Fsp3) is 0.667. The number of aliphatic hydroxyl groups excluding tert-OH is 1. The van der Waals surface area contributed by atoms with Crippen molar-refractivity contribution < 1.29 is 5.11 Å². The molecule has 1 rings (SSSR count). The number of aryl methyl sites for hydroxylation is 1. The second-order valence-electron chi connectivity index (χ2n) is 4.18. The minimum Gasteiger partial charge on any atom is -0.386 e. The Balaban J connectivity index is 2.85. The Morgan fingerprint density at radius 2 is 2.08 bits per heavy atom. The fourth-order valence-electron chi connectivity index (χ4n) is 1.02. The molecule has 1 unspecified atom stereocenters. The summed E-state index contributed by atoms with van der Waals surface area (Å²) in [6.45, 7) is 5.98. The second kappa shape index (κ2) is 2.90. The third kappa shape index (κ3) is 1.85. The third-order valence-electron chi connectivity index (χ3n) is 1.83. The highest BCUT2D eigenvalue weighted by Crippen LogP contribution is 2.30. The van der Waals surface area contributed by atoms with Crippen molar-refractivity contribution in [2.45, 2.75) is 26.9 Å². The van der Waals surface area contributed by atoms with Crippen molar-refractivity contribution in [1.29, 1.82) is 0 Å². The zero-order valence-electron chi connectivity index (χ0n) is 8.07. The normalized spacial score (nSPS) is 14.8. The zero-order chi connectivity index (χ0) is 9.35. The minimum atomic E-state index is -0.487. The molecule has 0 radical (unpaired) electrons. The molecular formula is C9H16N2O. The molecule has 68 valence electrons. The van der Waals surface area contributed by atoms with E-state index in [4.69, 9.17) is 0 Å². The van der Waals surface area contributed by atoms with Crippen molar-refractivity contribution in [3.05, 3.63) is 18.0 Å². The quantitative estimate of drug-likeness (QED) is 0.690. The van der Waals surface area contributed by atoms with Crippen LogP contribution in [-0.4, -0.2) is 14.9 Å². The predicted octanol–water partition coefficient (Wildman–Crippen LogP) is 1.50. The number of rotatable bonds is 1. The molecule has 0 saturated heterocycles. The van der Waals surface area contributed by atoms with Crippen molar-refractivity contribution in [2.24, 2.45) is 12.5 Å². The Morgan fingerprint density at radius 3 is 2.42 bits per heavy atom. The highest BCUT2D eigenvalue weighted by atomic mass is 16.3. The molecule has 1 atom stereocenters. The van der Waals surface area contributed by atoms with Crippen LogP contribution < -0.4 is 0 Å². The van der Waals surface area contributed by atoms with Crippen LogP contribution in [0.5, 0.6) is 0 Å². The molecule has 0 fully saturated rings. The van der Waals surface area contributed by atoms with Gasteiger partial charge in [0.25, 0.3) is 0 Å². The van der Waals surface area contributed by atoms with Gasteiger partial charge < -0.3 is 5.11 Å². The van der Waals surface area contributed by atoms with Gasteiger partial charge in [-0.15, -0.1) is 0 Å². The van der Waals surface area contributed by atoms with Gasteiger partial charge in [-0.25, -0.2) is 0 Å². The average molecular weight is 168 g/mol. The minimum absolute atomic E-state index is 0.144. The zero-order valence-corrected chi connectivity index (χ0v) is 8.07. The number of nitrogens with zero attached hydrogens (tertiary/aromatic N) is 2. The highest BCUT2D eigenvalue weighted by Gasteiger charge is 2.25. The molecule has 0 aliphatic carbocycles. The summed E-state index contributed by atoms with van der Waals surface area (Å²) >= 11 is 0. The first kappa shape index (κ1) is 9.26. The second-order valence-corrected chi connectivity index (χ2v) is 4.18. The molecule has 12 heavy (non-hydrogen) atoms. The van der Waals surface area contributed by atoms with Crippen molar-refractivity contribution in [3.63, 3.8) is 0 Å². The van der Waals surface area contributed by atoms with Gasteiger partial charge >= 0.3 is 0 Å². The lowest BCUT2D eigenvalue weighted by molar-refractivity contribution is 0.0584. The van der Waals surface area contributed by atoms with Gasteiger partial charge in [0.15, 0.2) is 0 Å². The molecule has 1 N–H and O–H groups in total. The average Bonchev–Trinajstić information content (AvgIpc) is 2.32. The van der Waals surface area contributed by atoms with Gasteiger partial charge in [-0.3, -0.25) is 4.68 Å². The van der Waals surface area contributed by atoms with Crippen LogP contribution in [-0.2, 0) is 7.05 Å². The van der Waals surface area contributed by atoms with Gasteiger partial charge in [-0.1, -0.05) is 20.8 Å². The van der Waals surface area contributed by atoms with E-state index in [1.807, 2.05) is 40.1 Å². The van der Waals surface area contributed by atoms with Crippen LogP contribution in [0.4, 0.5) is 0 Å². The van der Waals surface area contributed by atoms with E-state index in [-0.39, 0.29) is 5.41 Å². The number of hydrogen-bond acceptors (Lipinski definition) is 2. The monoisotopic (exact) mass is 168 g/mol. The molecule has 3 nitrogen and oxygen atoms in total. The van der Waals surface area contributed by atoms with Crippen molar-refractivity contribution in [1.82, 2.24) is 9.78 Å². The van der Waals surface area contributed by atoms with Gasteiger partial charge in [-0.2, -0.15) is 5.10 Å². The van der Waals surface area contributed by atoms with Crippen molar-refractivity contribution in [3.8, 4) is 0 Å². The molecule has 1 aromatic rings. The van der Waals surface area contributed by atoms with Crippen molar-refractivity contribution >= 4 is 0 Å². The van der Waals surface area contributed by atoms with Gasteiger partial charge in [-0.05, 0) is 11.5 Å². The van der Waals surface area contributed by atoms with Crippen LogP contribution in [0.25, 0.3) is 0 Å². The Morgan fingerprint density at radius 1 is 1.50 bits per heavy atom. The maximum Gasteiger partial charge on any atom is 0.103 e. The molecule has 0 aliphatic rings. The SMILES string of the molecule is Cn1ccc(C(O)C(C)(C)C)n1. The molecule has 0 saturated carbocycles. The summed E-state index contributed by atoms with van der Waals surface area (Å²) in [5.41, 5.74) is 0.596. The van der Waals surface area contributed by atoms with E-state index in [9.17, 15) is 5.11 Å². The van der Waals surface area contributed by atoms with Crippen LogP contribution in [0.3, 0.4) is 0 Å². The number of hydrogen-bond donors (Lipinski definition) is 1. The Hall–Kier alpha value is -0.830. The van der Waals surface area contributed by atoms with Gasteiger partial charge in [0.1, 0.15) is 6.10 Å². The molecule has 3 heteroatoms. The molecular weight excluding hydrogens is 152 g/mol. The summed E-state index contributed by atoms with van der Waals surface area (Å²) in [6.07, 6.45) is 1.35. The largest absolute Gasteiger partial charge is 0.386 e. The van der Waals surface area contributed by atoms with E-state index in [1.165, 1.54) is 0 Å². The van der Waals surface area contributed by atoms with E-state index in [2.05, 4.69) is 5.10 Å². The maximum absolute atomic E-state index is 9.79. The van der Waals surface area contributed by atoms with Gasteiger partial charge in [0.2, 0.25) is 0 Å². The van der Waals surface area contributed by atoms with Gasteiger partial charge in [0.05, 0.1) is 5.69 Å². The Bertz CT molecular complexity index is 260. The summed E-state index contributed by atoms with van der Waals surface area (Å²) < 4.78 is 1.70. The van der Waals surface area contributed by atoms with E-state index in [0.717, 1.165) is 5.69 Å². The lowest BCUT2D eigenvalue weighted by Crippen LogP contribution is -2.18. The molecule has 0 aromatic carbocycles. The molecule has 0 bridgehead atoms. The van der Waals surface area contributed by atoms with E-state index in [1.54, 1.807) is 4.68 Å². The smallest absolute Gasteiger partial charge is 0.103 e. The summed E-state index contributed by atoms with van der Waals surface area (Å²) in [5.74, 6) is 0. The first-order valence-corrected chi connectivity index (χ1v) is 4.09. The first-order valence-electron chi connectivity index (χ1n) is 4.09. The summed E-state index contributed by atoms with van der Waals surface area (Å²) in [6, 6.07) is 1.84. The standard InChI is InChI=1S/C9H16N2O/c1-9(2,3)8(12)7-5-6-11(4)10-7/h5-6,8,12H,1-4H3. The summed E-state index contributed by atoms with van der Waals surface area (Å²) in [4.78, 5) is 0. The maximum atomic E-state index is 9.79. The molecule has 1 aromatic heterocycles. The fourth-order valence-corrected chi connectivity index (χ4v) is 1.02. The molecule has 0 aliphatic heterocycles. The third-order valence-corrected chi connectivity index (χ3v) is 1.83. The van der Waals surface area contributed by atoms with E-state index >= 15 is 0 Å².